The standard InChI is InChI=1S/C8H15N3/c1-4-5-11-6-8(7(2)3)9-10-11/h6-7H,4-5H2,1-3H3. The molecule has 0 spiro atoms. The highest BCUT2D eigenvalue weighted by Gasteiger charge is 2.02. The van der Waals surface area contributed by atoms with E-state index in [0.717, 1.165) is 18.7 Å². The average Bonchev–Trinajstić information content (AvgIpc) is 2.37. The molecule has 0 N–H and O–H groups in total. The predicted octanol–water partition coefficient (Wildman–Crippen LogP) is 1.81. The second-order valence-corrected chi connectivity index (χ2v) is 3.06. The van der Waals surface area contributed by atoms with Gasteiger partial charge in [0.2, 0.25) is 0 Å². The lowest BCUT2D eigenvalue weighted by Gasteiger charge is -1.95. The van der Waals surface area contributed by atoms with E-state index >= 15 is 0 Å². The van der Waals surface area contributed by atoms with E-state index < -0.39 is 0 Å². The maximum Gasteiger partial charge on any atom is 0.0852 e. The van der Waals surface area contributed by atoms with Crippen LogP contribution >= 0.6 is 0 Å². The first-order chi connectivity index (χ1) is 5.24. The minimum absolute atomic E-state index is 0.487. The van der Waals surface area contributed by atoms with Gasteiger partial charge in [-0.05, 0) is 12.3 Å². The molecule has 0 aliphatic rings. The summed E-state index contributed by atoms with van der Waals surface area (Å²) in [6.45, 7) is 7.36. The first-order valence-corrected chi connectivity index (χ1v) is 4.14. The highest BCUT2D eigenvalue weighted by Crippen LogP contribution is 2.08. The van der Waals surface area contributed by atoms with Gasteiger partial charge >= 0.3 is 0 Å². The second kappa shape index (κ2) is 3.51. The van der Waals surface area contributed by atoms with Crippen LogP contribution in [0.1, 0.15) is 38.8 Å². The molecule has 0 aliphatic heterocycles. The molecule has 3 nitrogen and oxygen atoms in total. The van der Waals surface area contributed by atoms with Crippen molar-refractivity contribution in [3.63, 3.8) is 0 Å². The molecule has 1 rings (SSSR count). The summed E-state index contributed by atoms with van der Waals surface area (Å²) in [6.07, 6.45) is 3.13. The van der Waals surface area contributed by atoms with Crippen molar-refractivity contribution in [3.05, 3.63) is 11.9 Å². The Morgan fingerprint density at radius 1 is 1.55 bits per heavy atom. The SMILES string of the molecule is CCCn1cc(C(C)C)nn1. The third kappa shape index (κ3) is 2.03. The van der Waals surface area contributed by atoms with Gasteiger partial charge in [-0.1, -0.05) is 26.0 Å². The van der Waals surface area contributed by atoms with Crippen molar-refractivity contribution in [2.75, 3.05) is 0 Å². The number of nitrogens with zero attached hydrogens (tertiary/aromatic N) is 3. The van der Waals surface area contributed by atoms with Crippen LogP contribution in [0.15, 0.2) is 6.20 Å². The van der Waals surface area contributed by atoms with Crippen molar-refractivity contribution in [3.8, 4) is 0 Å². The topological polar surface area (TPSA) is 30.7 Å². The summed E-state index contributed by atoms with van der Waals surface area (Å²) in [5.74, 6) is 0.487. The van der Waals surface area contributed by atoms with E-state index in [1.54, 1.807) is 0 Å². The Morgan fingerprint density at radius 2 is 2.27 bits per heavy atom. The molecule has 0 aromatic carbocycles. The van der Waals surface area contributed by atoms with Gasteiger partial charge in [0.05, 0.1) is 5.69 Å². The molecular formula is C8H15N3. The normalized spacial score (nSPS) is 10.9. The zero-order chi connectivity index (χ0) is 8.27. The van der Waals surface area contributed by atoms with E-state index in [-0.39, 0.29) is 0 Å². The van der Waals surface area contributed by atoms with Crippen LogP contribution in [0.3, 0.4) is 0 Å². The van der Waals surface area contributed by atoms with Crippen LogP contribution in [0.25, 0.3) is 0 Å². The average molecular weight is 153 g/mol. The molecule has 1 aromatic rings. The van der Waals surface area contributed by atoms with E-state index in [4.69, 9.17) is 0 Å². The number of hydrogen-bond acceptors (Lipinski definition) is 2. The Balaban J connectivity index is 2.66. The van der Waals surface area contributed by atoms with Gasteiger partial charge in [-0.15, -0.1) is 5.10 Å². The minimum Gasteiger partial charge on any atom is -0.252 e. The van der Waals surface area contributed by atoms with Crippen LogP contribution in [0.2, 0.25) is 0 Å². The molecule has 1 aromatic heterocycles. The van der Waals surface area contributed by atoms with Gasteiger partial charge in [-0.25, -0.2) is 0 Å². The number of aromatic nitrogens is 3. The first kappa shape index (κ1) is 8.24. The van der Waals surface area contributed by atoms with Crippen molar-refractivity contribution in [1.29, 1.82) is 0 Å². The van der Waals surface area contributed by atoms with Crippen LogP contribution in [0.5, 0.6) is 0 Å². The van der Waals surface area contributed by atoms with Gasteiger partial charge in [-0.3, -0.25) is 4.68 Å². The summed E-state index contributed by atoms with van der Waals surface area (Å²) in [4.78, 5) is 0. The Labute approximate surface area is 67.4 Å². The molecule has 1 heterocycles. The van der Waals surface area contributed by atoms with Crippen LogP contribution in [-0.4, -0.2) is 15.0 Å². The number of hydrogen-bond donors (Lipinski definition) is 0. The Kier molecular flexibility index (Phi) is 2.63. The van der Waals surface area contributed by atoms with Crippen LogP contribution in [0, 0.1) is 0 Å². The number of aryl methyl sites for hydroxylation is 1. The lowest BCUT2D eigenvalue weighted by molar-refractivity contribution is 0.578. The van der Waals surface area contributed by atoms with E-state index in [1.165, 1.54) is 0 Å². The fourth-order valence-corrected chi connectivity index (χ4v) is 0.916. The maximum atomic E-state index is 4.05. The molecule has 0 atom stereocenters. The predicted molar refractivity (Wildman–Crippen MR) is 44.4 cm³/mol. The largest absolute Gasteiger partial charge is 0.252 e. The van der Waals surface area contributed by atoms with Gasteiger partial charge in [0.1, 0.15) is 0 Å². The third-order valence-corrected chi connectivity index (χ3v) is 1.60. The molecule has 62 valence electrons. The summed E-state index contributed by atoms with van der Waals surface area (Å²) in [5, 5.41) is 8.04. The monoisotopic (exact) mass is 153 g/mol. The summed E-state index contributed by atoms with van der Waals surface area (Å²) >= 11 is 0. The fraction of sp³-hybridized carbons (Fsp3) is 0.750. The minimum atomic E-state index is 0.487. The van der Waals surface area contributed by atoms with Crippen molar-refractivity contribution in [2.45, 2.75) is 39.7 Å². The zero-order valence-corrected chi connectivity index (χ0v) is 7.41. The van der Waals surface area contributed by atoms with E-state index in [2.05, 4.69) is 31.1 Å². The van der Waals surface area contributed by atoms with Crippen LogP contribution in [-0.2, 0) is 6.54 Å². The molecule has 0 amide bonds. The maximum absolute atomic E-state index is 4.05. The molecule has 0 unspecified atom stereocenters. The summed E-state index contributed by atoms with van der Waals surface area (Å²) in [5.41, 5.74) is 1.08. The molecule has 0 aliphatic carbocycles. The van der Waals surface area contributed by atoms with Crippen LogP contribution < -0.4 is 0 Å². The van der Waals surface area contributed by atoms with E-state index in [0.29, 0.717) is 5.92 Å². The molecule has 0 fully saturated rings. The van der Waals surface area contributed by atoms with Gasteiger partial charge in [0.15, 0.2) is 0 Å². The summed E-state index contributed by atoms with van der Waals surface area (Å²) in [7, 11) is 0. The van der Waals surface area contributed by atoms with Gasteiger partial charge in [0, 0.05) is 12.7 Å². The Morgan fingerprint density at radius 3 is 2.73 bits per heavy atom. The molecule has 11 heavy (non-hydrogen) atoms. The first-order valence-electron chi connectivity index (χ1n) is 4.14. The second-order valence-electron chi connectivity index (χ2n) is 3.06. The molecule has 0 saturated heterocycles. The van der Waals surface area contributed by atoms with Gasteiger partial charge < -0.3 is 0 Å². The quantitative estimate of drug-likeness (QED) is 0.663. The van der Waals surface area contributed by atoms with Crippen molar-refractivity contribution in [2.24, 2.45) is 0 Å². The zero-order valence-electron chi connectivity index (χ0n) is 7.41. The highest BCUT2D eigenvalue weighted by molar-refractivity contribution is 4.97. The number of rotatable bonds is 3. The summed E-state index contributed by atoms with van der Waals surface area (Å²) in [6, 6.07) is 0. The molecule has 0 bridgehead atoms. The van der Waals surface area contributed by atoms with Gasteiger partial charge in [-0.2, -0.15) is 0 Å². The molecular weight excluding hydrogens is 138 g/mol. The van der Waals surface area contributed by atoms with Crippen molar-refractivity contribution in [1.82, 2.24) is 15.0 Å². The Bertz CT molecular complexity index is 215. The fourth-order valence-electron chi connectivity index (χ4n) is 0.916. The Hall–Kier alpha value is -0.860. The molecule has 0 radical (unpaired) electrons. The van der Waals surface area contributed by atoms with Gasteiger partial charge in [0.25, 0.3) is 0 Å². The highest BCUT2D eigenvalue weighted by atomic mass is 15.4. The van der Waals surface area contributed by atoms with Crippen molar-refractivity contribution < 1.29 is 0 Å². The van der Waals surface area contributed by atoms with Crippen molar-refractivity contribution >= 4 is 0 Å². The molecule has 3 heteroatoms. The summed E-state index contributed by atoms with van der Waals surface area (Å²) < 4.78 is 1.90. The third-order valence-electron chi connectivity index (χ3n) is 1.60. The lowest BCUT2D eigenvalue weighted by atomic mass is 10.2. The smallest absolute Gasteiger partial charge is 0.0852 e. The van der Waals surface area contributed by atoms with E-state index in [9.17, 15) is 0 Å². The van der Waals surface area contributed by atoms with E-state index in [1.807, 2.05) is 10.9 Å². The lowest BCUT2D eigenvalue weighted by Crippen LogP contribution is -1.96. The van der Waals surface area contributed by atoms with Crippen LogP contribution in [0.4, 0.5) is 0 Å². The molecule has 0 saturated carbocycles.